The first-order chi connectivity index (χ1) is 8.65. The van der Waals surface area contributed by atoms with Gasteiger partial charge in [0.2, 0.25) is 0 Å². The Morgan fingerprint density at radius 1 is 1.50 bits per heavy atom. The van der Waals surface area contributed by atoms with Crippen LogP contribution in [0.25, 0.3) is 0 Å². The number of hydrogen-bond acceptors (Lipinski definition) is 3. The fourth-order valence-corrected chi connectivity index (χ4v) is 1.68. The zero-order valence-electron chi connectivity index (χ0n) is 9.93. The molecule has 5 nitrogen and oxygen atoms in total. The van der Waals surface area contributed by atoms with Crippen LogP contribution < -0.4 is 5.32 Å². The molecular formula is C12H13ClN4O. The first kappa shape index (κ1) is 12.6. The SMILES string of the molecule is Cn1ccc(CCNC(=O)c2cc(Cl)ccn2)n1. The van der Waals surface area contributed by atoms with Crippen molar-refractivity contribution in [2.24, 2.45) is 7.05 Å². The van der Waals surface area contributed by atoms with Crippen molar-refractivity contribution in [3.63, 3.8) is 0 Å². The largest absolute Gasteiger partial charge is 0.350 e. The summed E-state index contributed by atoms with van der Waals surface area (Å²) in [5, 5.41) is 7.50. The number of carbonyl (C=O) groups excluding carboxylic acids is 1. The zero-order chi connectivity index (χ0) is 13.0. The van der Waals surface area contributed by atoms with Crippen molar-refractivity contribution in [3.05, 3.63) is 47.0 Å². The average molecular weight is 265 g/mol. The van der Waals surface area contributed by atoms with Crippen LogP contribution in [0.5, 0.6) is 0 Å². The molecule has 2 rings (SSSR count). The minimum Gasteiger partial charge on any atom is -0.350 e. The first-order valence-electron chi connectivity index (χ1n) is 5.53. The summed E-state index contributed by atoms with van der Waals surface area (Å²) < 4.78 is 1.73. The van der Waals surface area contributed by atoms with E-state index in [1.54, 1.807) is 10.7 Å². The first-order valence-corrected chi connectivity index (χ1v) is 5.91. The molecular weight excluding hydrogens is 252 g/mol. The van der Waals surface area contributed by atoms with Crippen LogP contribution >= 0.6 is 11.6 Å². The summed E-state index contributed by atoms with van der Waals surface area (Å²) in [7, 11) is 1.86. The molecule has 0 unspecified atom stereocenters. The number of nitrogens with one attached hydrogen (secondary N) is 1. The summed E-state index contributed by atoms with van der Waals surface area (Å²) in [6, 6.07) is 5.09. The maximum Gasteiger partial charge on any atom is 0.269 e. The molecule has 0 saturated carbocycles. The lowest BCUT2D eigenvalue weighted by Gasteiger charge is -2.03. The minimum absolute atomic E-state index is 0.228. The molecule has 0 aromatic carbocycles. The lowest BCUT2D eigenvalue weighted by Crippen LogP contribution is -2.26. The number of hydrogen-bond donors (Lipinski definition) is 1. The molecule has 2 aromatic heterocycles. The van der Waals surface area contributed by atoms with Crippen LogP contribution in [0.3, 0.4) is 0 Å². The Kier molecular flexibility index (Phi) is 3.94. The fourth-order valence-electron chi connectivity index (χ4n) is 1.52. The van der Waals surface area contributed by atoms with E-state index in [2.05, 4.69) is 15.4 Å². The molecule has 0 saturated heterocycles. The molecule has 0 spiro atoms. The number of amides is 1. The number of nitrogens with zero attached hydrogens (tertiary/aromatic N) is 3. The van der Waals surface area contributed by atoms with E-state index >= 15 is 0 Å². The van der Waals surface area contributed by atoms with Gasteiger partial charge in [-0.3, -0.25) is 14.5 Å². The molecule has 0 aliphatic heterocycles. The lowest BCUT2D eigenvalue weighted by molar-refractivity contribution is 0.0949. The topological polar surface area (TPSA) is 59.8 Å². The number of aryl methyl sites for hydroxylation is 1. The van der Waals surface area contributed by atoms with E-state index in [1.807, 2.05) is 19.3 Å². The molecule has 2 aromatic rings. The second kappa shape index (κ2) is 5.64. The highest BCUT2D eigenvalue weighted by Gasteiger charge is 2.07. The van der Waals surface area contributed by atoms with E-state index in [4.69, 9.17) is 11.6 Å². The van der Waals surface area contributed by atoms with Crippen molar-refractivity contribution in [2.45, 2.75) is 6.42 Å². The van der Waals surface area contributed by atoms with Gasteiger partial charge in [0.25, 0.3) is 5.91 Å². The third-order valence-corrected chi connectivity index (χ3v) is 2.63. The summed E-state index contributed by atoms with van der Waals surface area (Å²) in [4.78, 5) is 15.7. The molecule has 18 heavy (non-hydrogen) atoms. The normalized spacial score (nSPS) is 10.3. The van der Waals surface area contributed by atoms with Crippen LogP contribution in [0.2, 0.25) is 5.02 Å². The van der Waals surface area contributed by atoms with Gasteiger partial charge >= 0.3 is 0 Å². The highest BCUT2D eigenvalue weighted by Crippen LogP contribution is 2.07. The fraction of sp³-hybridized carbons (Fsp3) is 0.250. The molecule has 0 bridgehead atoms. The van der Waals surface area contributed by atoms with Crippen molar-refractivity contribution >= 4 is 17.5 Å². The van der Waals surface area contributed by atoms with Gasteiger partial charge in [0.15, 0.2) is 0 Å². The van der Waals surface area contributed by atoms with Crippen molar-refractivity contribution < 1.29 is 4.79 Å². The Bertz CT molecular complexity index is 553. The number of pyridine rings is 1. The van der Waals surface area contributed by atoms with Gasteiger partial charge in [0.05, 0.1) is 5.69 Å². The van der Waals surface area contributed by atoms with E-state index in [-0.39, 0.29) is 5.91 Å². The number of rotatable bonds is 4. The van der Waals surface area contributed by atoms with E-state index < -0.39 is 0 Å². The Morgan fingerprint density at radius 2 is 2.33 bits per heavy atom. The highest BCUT2D eigenvalue weighted by atomic mass is 35.5. The molecule has 0 aliphatic rings. The van der Waals surface area contributed by atoms with Gasteiger partial charge in [-0.05, 0) is 18.2 Å². The molecule has 0 aliphatic carbocycles. The van der Waals surface area contributed by atoms with Gasteiger partial charge < -0.3 is 5.32 Å². The van der Waals surface area contributed by atoms with Gasteiger partial charge in [-0.15, -0.1) is 0 Å². The predicted octanol–water partition coefficient (Wildman–Crippen LogP) is 1.44. The highest BCUT2D eigenvalue weighted by molar-refractivity contribution is 6.30. The summed E-state index contributed by atoms with van der Waals surface area (Å²) in [6.07, 6.45) is 4.07. The smallest absolute Gasteiger partial charge is 0.269 e. The number of carbonyl (C=O) groups is 1. The van der Waals surface area contributed by atoms with Crippen LogP contribution in [-0.2, 0) is 13.5 Å². The van der Waals surface area contributed by atoms with Crippen LogP contribution in [-0.4, -0.2) is 27.2 Å². The number of aromatic nitrogens is 3. The second-order valence-corrected chi connectivity index (χ2v) is 4.28. The maximum absolute atomic E-state index is 11.7. The molecule has 1 N–H and O–H groups in total. The summed E-state index contributed by atoms with van der Waals surface area (Å²) >= 11 is 5.79. The van der Waals surface area contributed by atoms with E-state index in [0.29, 0.717) is 23.7 Å². The van der Waals surface area contributed by atoms with Crippen molar-refractivity contribution in [3.8, 4) is 0 Å². The molecule has 6 heteroatoms. The quantitative estimate of drug-likeness (QED) is 0.909. The summed E-state index contributed by atoms with van der Waals surface area (Å²) in [6.45, 7) is 0.518. The average Bonchev–Trinajstić information content (AvgIpc) is 2.75. The predicted molar refractivity (Wildman–Crippen MR) is 68.5 cm³/mol. The van der Waals surface area contributed by atoms with E-state index in [0.717, 1.165) is 5.69 Å². The van der Waals surface area contributed by atoms with Crippen LogP contribution in [0.15, 0.2) is 30.6 Å². The molecule has 0 fully saturated rings. The van der Waals surface area contributed by atoms with Crippen LogP contribution in [0, 0.1) is 0 Å². The Hall–Kier alpha value is -1.88. The molecule has 2 heterocycles. The van der Waals surface area contributed by atoms with Gasteiger partial charge in [0.1, 0.15) is 5.69 Å². The van der Waals surface area contributed by atoms with Crippen molar-refractivity contribution in [1.82, 2.24) is 20.1 Å². The zero-order valence-corrected chi connectivity index (χ0v) is 10.7. The Labute approximate surface area is 110 Å². The van der Waals surface area contributed by atoms with Gasteiger partial charge in [0, 0.05) is 37.4 Å². The molecule has 0 atom stereocenters. The van der Waals surface area contributed by atoms with Gasteiger partial charge in [-0.1, -0.05) is 11.6 Å². The minimum atomic E-state index is -0.228. The van der Waals surface area contributed by atoms with Crippen molar-refractivity contribution in [1.29, 1.82) is 0 Å². The van der Waals surface area contributed by atoms with E-state index in [1.165, 1.54) is 12.3 Å². The third-order valence-electron chi connectivity index (χ3n) is 2.39. The lowest BCUT2D eigenvalue weighted by atomic mass is 10.3. The van der Waals surface area contributed by atoms with Crippen LogP contribution in [0.1, 0.15) is 16.2 Å². The molecule has 0 radical (unpaired) electrons. The number of halogens is 1. The Morgan fingerprint density at radius 3 is 3.00 bits per heavy atom. The van der Waals surface area contributed by atoms with Crippen LogP contribution in [0.4, 0.5) is 0 Å². The third kappa shape index (κ3) is 3.30. The van der Waals surface area contributed by atoms with E-state index in [9.17, 15) is 4.79 Å². The van der Waals surface area contributed by atoms with Crippen molar-refractivity contribution in [2.75, 3.05) is 6.54 Å². The molecule has 94 valence electrons. The standard InChI is InChI=1S/C12H13ClN4O/c1-17-7-4-10(16-17)3-6-15-12(18)11-8-9(13)2-5-14-11/h2,4-5,7-8H,3,6H2,1H3,(H,15,18). The summed E-state index contributed by atoms with van der Waals surface area (Å²) in [5.41, 5.74) is 1.26. The monoisotopic (exact) mass is 264 g/mol. The van der Waals surface area contributed by atoms with Gasteiger partial charge in [-0.2, -0.15) is 5.10 Å². The maximum atomic E-state index is 11.7. The summed E-state index contributed by atoms with van der Waals surface area (Å²) in [5.74, 6) is -0.228. The molecule has 1 amide bonds. The van der Waals surface area contributed by atoms with Gasteiger partial charge in [-0.25, -0.2) is 0 Å². The second-order valence-electron chi connectivity index (χ2n) is 3.85. The Balaban J connectivity index is 1.85.